The SMILES string of the molecule is CC(CNC(=O)O)COc1ccc(Oc2cccc(F)c2)cc1. The zero-order valence-corrected chi connectivity index (χ0v) is 12.7. The van der Waals surface area contributed by atoms with Crippen molar-refractivity contribution in [3.8, 4) is 17.2 Å². The van der Waals surface area contributed by atoms with Crippen LogP contribution in [-0.4, -0.2) is 24.4 Å². The van der Waals surface area contributed by atoms with Crippen molar-refractivity contribution >= 4 is 6.09 Å². The summed E-state index contributed by atoms with van der Waals surface area (Å²) < 4.78 is 24.2. The Morgan fingerprint density at radius 1 is 1.17 bits per heavy atom. The van der Waals surface area contributed by atoms with Crippen LogP contribution < -0.4 is 14.8 Å². The van der Waals surface area contributed by atoms with Crippen molar-refractivity contribution in [3.63, 3.8) is 0 Å². The lowest BCUT2D eigenvalue weighted by Gasteiger charge is -2.13. The zero-order chi connectivity index (χ0) is 16.7. The van der Waals surface area contributed by atoms with E-state index in [2.05, 4.69) is 5.32 Å². The quantitative estimate of drug-likeness (QED) is 0.812. The first-order valence-corrected chi connectivity index (χ1v) is 7.16. The van der Waals surface area contributed by atoms with Crippen LogP contribution in [0.3, 0.4) is 0 Å². The summed E-state index contributed by atoms with van der Waals surface area (Å²) in [4.78, 5) is 10.4. The third-order valence-electron chi connectivity index (χ3n) is 2.99. The van der Waals surface area contributed by atoms with Crippen LogP contribution in [0.4, 0.5) is 9.18 Å². The highest BCUT2D eigenvalue weighted by molar-refractivity contribution is 5.64. The molecule has 0 aliphatic heterocycles. The normalized spacial score (nSPS) is 11.6. The fraction of sp³-hybridized carbons (Fsp3) is 0.235. The number of amides is 1. The van der Waals surface area contributed by atoms with E-state index in [4.69, 9.17) is 14.6 Å². The predicted molar refractivity (Wildman–Crippen MR) is 83.6 cm³/mol. The van der Waals surface area contributed by atoms with E-state index in [0.717, 1.165) is 0 Å². The van der Waals surface area contributed by atoms with Crippen molar-refractivity contribution in [2.24, 2.45) is 5.92 Å². The number of carbonyl (C=O) groups is 1. The number of hydrogen-bond donors (Lipinski definition) is 2. The highest BCUT2D eigenvalue weighted by atomic mass is 19.1. The molecule has 0 aliphatic rings. The highest BCUT2D eigenvalue weighted by Crippen LogP contribution is 2.24. The minimum atomic E-state index is -1.05. The van der Waals surface area contributed by atoms with Crippen LogP contribution in [0.25, 0.3) is 0 Å². The molecule has 2 aromatic carbocycles. The van der Waals surface area contributed by atoms with Gasteiger partial charge in [-0.2, -0.15) is 0 Å². The molecule has 0 bridgehead atoms. The maximum atomic E-state index is 13.1. The lowest BCUT2D eigenvalue weighted by atomic mass is 10.2. The molecule has 0 saturated carbocycles. The molecule has 5 nitrogen and oxygen atoms in total. The number of rotatable bonds is 7. The van der Waals surface area contributed by atoms with Crippen LogP contribution in [-0.2, 0) is 0 Å². The van der Waals surface area contributed by atoms with E-state index in [1.165, 1.54) is 12.1 Å². The number of hydrogen-bond acceptors (Lipinski definition) is 3. The fourth-order valence-electron chi connectivity index (χ4n) is 1.83. The summed E-state index contributed by atoms with van der Waals surface area (Å²) in [5.74, 6) is 1.34. The Kier molecular flexibility index (Phi) is 5.80. The molecule has 0 saturated heterocycles. The molecule has 0 radical (unpaired) electrons. The minimum absolute atomic E-state index is 0.0503. The standard InChI is InChI=1S/C17H18FNO4/c1-12(10-19-17(20)21)11-22-14-5-7-15(8-6-14)23-16-4-2-3-13(18)9-16/h2-9,12,19H,10-11H2,1H3,(H,20,21). The summed E-state index contributed by atoms with van der Waals surface area (Å²) in [6.45, 7) is 2.61. The molecule has 0 spiro atoms. The van der Waals surface area contributed by atoms with Gasteiger partial charge in [0, 0.05) is 18.5 Å². The molecule has 0 heterocycles. The van der Waals surface area contributed by atoms with Crippen LogP contribution in [0.1, 0.15) is 6.92 Å². The van der Waals surface area contributed by atoms with Crippen LogP contribution >= 0.6 is 0 Å². The second kappa shape index (κ2) is 8.03. The lowest BCUT2D eigenvalue weighted by molar-refractivity contribution is 0.188. The molecule has 1 atom stereocenters. The maximum absolute atomic E-state index is 13.1. The summed E-state index contributed by atoms with van der Waals surface area (Å²) >= 11 is 0. The van der Waals surface area contributed by atoms with Gasteiger partial charge in [-0.25, -0.2) is 9.18 Å². The first-order chi connectivity index (χ1) is 11.0. The number of nitrogens with one attached hydrogen (secondary N) is 1. The molecule has 122 valence electrons. The van der Waals surface area contributed by atoms with Gasteiger partial charge in [-0.1, -0.05) is 13.0 Å². The molecule has 2 rings (SSSR count). The van der Waals surface area contributed by atoms with Gasteiger partial charge < -0.3 is 19.9 Å². The van der Waals surface area contributed by atoms with Crippen LogP contribution in [0.15, 0.2) is 48.5 Å². The van der Waals surface area contributed by atoms with Gasteiger partial charge >= 0.3 is 6.09 Å². The van der Waals surface area contributed by atoms with Gasteiger partial charge in [0.2, 0.25) is 0 Å². The van der Waals surface area contributed by atoms with Gasteiger partial charge in [0.05, 0.1) is 6.61 Å². The van der Waals surface area contributed by atoms with Gasteiger partial charge in [-0.3, -0.25) is 0 Å². The van der Waals surface area contributed by atoms with Gasteiger partial charge in [0.15, 0.2) is 0 Å². The molecule has 23 heavy (non-hydrogen) atoms. The van der Waals surface area contributed by atoms with Crippen molar-refractivity contribution in [1.29, 1.82) is 0 Å². The van der Waals surface area contributed by atoms with Crippen molar-refractivity contribution in [2.75, 3.05) is 13.2 Å². The van der Waals surface area contributed by atoms with Crippen molar-refractivity contribution < 1.29 is 23.8 Å². The molecule has 0 aliphatic carbocycles. The summed E-state index contributed by atoms with van der Waals surface area (Å²) in [6, 6.07) is 12.8. The van der Waals surface area contributed by atoms with Gasteiger partial charge in [-0.05, 0) is 36.4 Å². The Morgan fingerprint density at radius 3 is 2.52 bits per heavy atom. The van der Waals surface area contributed by atoms with Crippen molar-refractivity contribution in [1.82, 2.24) is 5.32 Å². The Hall–Kier alpha value is -2.76. The van der Waals surface area contributed by atoms with Crippen LogP contribution in [0.5, 0.6) is 17.2 Å². The Labute approximate surface area is 133 Å². The Morgan fingerprint density at radius 2 is 1.87 bits per heavy atom. The molecule has 0 fully saturated rings. The second-order valence-corrected chi connectivity index (χ2v) is 5.13. The predicted octanol–water partition coefficient (Wildman–Crippen LogP) is 3.90. The van der Waals surface area contributed by atoms with E-state index >= 15 is 0 Å². The Bertz CT molecular complexity index is 645. The summed E-state index contributed by atoms with van der Waals surface area (Å²) in [7, 11) is 0. The molecule has 0 aromatic heterocycles. The third-order valence-corrected chi connectivity index (χ3v) is 2.99. The largest absolute Gasteiger partial charge is 0.493 e. The molecule has 2 aromatic rings. The van der Waals surface area contributed by atoms with Gasteiger partial charge in [-0.15, -0.1) is 0 Å². The minimum Gasteiger partial charge on any atom is -0.493 e. The number of halogens is 1. The summed E-state index contributed by atoms with van der Waals surface area (Å²) in [6.07, 6.45) is -1.05. The van der Waals surface area contributed by atoms with E-state index in [9.17, 15) is 9.18 Å². The van der Waals surface area contributed by atoms with E-state index in [0.29, 0.717) is 30.4 Å². The van der Waals surface area contributed by atoms with Crippen LogP contribution in [0, 0.1) is 11.7 Å². The zero-order valence-electron chi connectivity index (χ0n) is 12.7. The molecular formula is C17H18FNO4. The second-order valence-electron chi connectivity index (χ2n) is 5.13. The van der Waals surface area contributed by atoms with Gasteiger partial charge in [0.1, 0.15) is 23.1 Å². The summed E-state index contributed by atoms with van der Waals surface area (Å²) in [5.41, 5.74) is 0. The van der Waals surface area contributed by atoms with Crippen molar-refractivity contribution in [2.45, 2.75) is 6.92 Å². The van der Waals surface area contributed by atoms with E-state index < -0.39 is 6.09 Å². The Balaban J connectivity index is 1.83. The highest BCUT2D eigenvalue weighted by Gasteiger charge is 2.06. The van der Waals surface area contributed by atoms with Crippen molar-refractivity contribution in [3.05, 3.63) is 54.3 Å². The van der Waals surface area contributed by atoms with E-state index in [1.807, 2.05) is 6.92 Å². The number of carboxylic acid groups (broad SMARTS) is 1. The van der Waals surface area contributed by atoms with Crippen LogP contribution in [0.2, 0.25) is 0 Å². The maximum Gasteiger partial charge on any atom is 0.404 e. The fourth-order valence-corrected chi connectivity index (χ4v) is 1.83. The van der Waals surface area contributed by atoms with Gasteiger partial charge in [0.25, 0.3) is 0 Å². The smallest absolute Gasteiger partial charge is 0.404 e. The first kappa shape index (κ1) is 16.6. The van der Waals surface area contributed by atoms with E-state index in [1.54, 1.807) is 36.4 Å². The average Bonchev–Trinajstić information content (AvgIpc) is 2.52. The molecule has 1 amide bonds. The molecule has 1 unspecified atom stereocenters. The molecule has 6 heteroatoms. The lowest BCUT2D eigenvalue weighted by Crippen LogP contribution is -2.29. The summed E-state index contributed by atoms with van der Waals surface area (Å²) in [5, 5.41) is 10.8. The van der Waals surface area contributed by atoms with E-state index in [-0.39, 0.29) is 11.7 Å². The number of ether oxygens (including phenoxy) is 2. The molecule has 2 N–H and O–H groups in total. The average molecular weight is 319 g/mol. The number of benzene rings is 2. The molecular weight excluding hydrogens is 301 g/mol. The third kappa shape index (κ3) is 5.86. The topological polar surface area (TPSA) is 67.8 Å². The first-order valence-electron chi connectivity index (χ1n) is 7.16. The monoisotopic (exact) mass is 319 g/mol.